The van der Waals surface area contributed by atoms with Gasteiger partial charge >= 0.3 is 0 Å². The van der Waals surface area contributed by atoms with Crippen molar-refractivity contribution >= 4 is 0 Å². The van der Waals surface area contributed by atoms with Crippen molar-refractivity contribution in [1.82, 2.24) is 5.48 Å². The Morgan fingerprint density at radius 3 is 2.50 bits per heavy atom. The second-order valence-corrected chi connectivity index (χ2v) is 1.20. The van der Waals surface area contributed by atoms with Crippen LogP contribution in [0.3, 0.4) is 0 Å². The van der Waals surface area contributed by atoms with E-state index in [0.717, 1.165) is 0 Å². The Hall–Kier alpha value is -0.120. The second kappa shape index (κ2) is 3.08. The van der Waals surface area contributed by atoms with Gasteiger partial charge in [-0.2, -0.15) is 0 Å². The molecule has 0 aromatic carbocycles. The summed E-state index contributed by atoms with van der Waals surface area (Å²) in [6, 6.07) is 0. The van der Waals surface area contributed by atoms with E-state index in [-0.39, 0.29) is 6.54 Å². The van der Waals surface area contributed by atoms with Crippen molar-refractivity contribution in [3.05, 3.63) is 5.21 Å². The van der Waals surface area contributed by atoms with Crippen molar-refractivity contribution in [2.24, 2.45) is 0 Å². The number of aliphatic hydroxyl groups excluding tert-OH is 1. The Balaban J connectivity index is 2.63. The summed E-state index contributed by atoms with van der Waals surface area (Å²) in [6.07, 6.45) is -0.525. The molecule has 1 atom stereocenters. The van der Waals surface area contributed by atoms with Crippen molar-refractivity contribution in [3.8, 4) is 0 Å². The lowest BCUT2D eigenvalue weighted by atomic mass is 10.4. The van der Waals surface area contributed by atoms with Crippen LogP contribution in [-0.4, -0.2) is 17.8 Å². The van der Waals surface area contributed by atoms with Crippen LogP contribution in [-0.2, 0) is 0 Å². The normalized spacial score (nSPS) is 14.5. The summed E-state index contributed by atoms with van der Waals surface area (Å²) in [5.41, 5.74) is 1.57. The molecular weight excluding hydrogens is 82.0 g/mol. The third-order valence-corrected chi connectivity index (χ3v) is 0.379. The maximum atomic E-state index is 9.33. The van der Waals surface area contributed by atoms with Gasteiger partial charge in [-0.05, 0) is 6.92 Å². The van der Waals surface area contributed by atoms with Crippen LogP contribution in [0.5, 0.6) is 0 Å². The van der Waals surface area contributed by atoms with Gasteiger partial charge in [0.15, 0.2) is 0 Å². The first-order chi connectivity index (χ1) is 2.77. The van der Waals surface area contributed by atoms with E-state index in [0.29, 0.717) is 0 Å². The van der Waals surface area contributed by atoms with Crippen molar-refractivity contribution in [1.29, 1.82) is 0 Å². The van der Waals surface area contributed by atoms with E-state index in [1.165, 1.54) is 0 Å². The number of hydroxylamine groups is 1. The first-order valence-corrected chi connectivity index (χ1v) is 1.80. The molecule has 0 bridgehead atoms. The molecule has 0 amide bonds. The fraction of sp³-hybridized carbons (Fsp3) is 1.00. The van der Waals surface area contributed by atoms with E-state index in [2.05, 4.69) is 0 Å². The van der Waals surface area contributed by atoms with Crippen molar-refractivity contribution in [3.63, 3.8) is 0 Å². The van der Waals surface area contributed by atoms with Gasteiger partial charge in [0.05, 0.1) is 6.10 Å². The van der Waals surface area contributed by atoms with E-state index in [9.17, 15) is 5.21 Å². The average Bonchev–Trinajstić information content (AvgIpc) is 1.35. The van der Waals surface area contributed by atoms with Crippen LogP contribution in [0.4, 0.5) is 0 Å². The number of aliphatic hydroxyl groups is 1. The van der Waals surface area contributed by atoms with Gasteiger partial charge in [0.1, 0.15) is 0 Å². The molecule has 0 fully saturated rings. The van der Waals surface area contributed by atoms with Gasteiger partial charge in [-0.1, -0.05) is 0 Å². The van der Waals surface area contributed by atoms with Crippen molar-refractivity contribution < 1.29 is 5.11 Å². The van der Waals surface area contributed by atoms with Crippen molar-refractivity contribution in [2.75, 3.05) is 6.54 Å². The lowest BCUT2D eigenvalue weighted by Crippen LogP contribution is -2.18. The Bertz CT molecular complexity index is 30.0. The van der Waals surface area contributed by atoms with Crippen LogP contribution in [0.15, 0.2) is 0 Å². The standard InChI is InChI=1S/C3H8NO2/c1-3(5)2-4-6/h3-5H,2H2,1H3/q-1. The first kappa shape index (κ1) is 5.88. The van der Waals surface area contributed by atoms with Crippen LogP contribution in [0.2, 0.25) is 0 Å². The van der Waals surface area contributed by atoms with Crippen LogP contribution in [0.1, 0.15) is 6.92 Å². The third kappa shape index (κ3) is 3.88. The summed E-state index contributed by atoms with van der Waals surface area (Å²) < 4.78 is 0. The molecule has 0 aliphatic rings. The zero-order valence-corrected chi connectivity index (χ0v) is 3.64. The van der Waals surface area contributed by atoms with E-state index in [1.54, 1.807) is 12.4 Å². The third-order valence-electron chi connectivity index (χ3n) is 0.379. The van der Waals surface area contributed by atoms with E-state index < -0.39 is 6.10 Å². The molecule has 3 nitrogen and oxygen atoms in total. The number of rotatable bonds is 2. The predicted molar refractivity (Wildman–Crippen MR) is 23.1 cm³/mol. The van der Waals surface area contributed by atoms with Gasteiger partial charge < -0.3 is 15.8 Å². The SMILES string of the molecule is CC(O)CN[O-]. The summed E-state index contributed by atoms with van der Waals surface area (Å²) in [4.78, 5) is 0. The highest BCUT2D eigenvalue weighted by atomic mass is 16.5. The summed E-state index contributed by atoms with van der Waals surface area (Å²) in [5, 5.41) is 17.6. The van der Waals surface area contributed by atoms with Crippen LogP contribution >= 0.6 is 0 Å². The molecule has 6 heavy (non-hydrogen) atoms. The molecule has 0 heterocycles. The molecule has 0 aromatic heterocycles. The van der Waals surface area contributed by atoms with E-state index >= 15 is 0 Å². The maximum Gasteiger partial charge on any atom is 0.0627 e. The average molecular weight is 90.1 g/mol. The highest BCUT2D eigenvalue weighted by molar-refractivity contribution is 4.49. The summed E-state index contributed by atoms with van der Waals surface area (Å²) in [6.45, 7) is 1.67. The van der Waals surface area contributed by atoms with Gasteiger partial charge in [-0.3, -0.25) is 0 Å². The Kier molecular flexibility index (Phi) is 3.02. The van der Waals surface area contributed by atoms with Gasteiger partial charge in [-0.15, -0.1) is 0 Å². The van der Waals surface area contributed by atoms with Gasteiger partial charge in [0, 0.05) is 6.54 Å². The fourth-order valence-electron chi connectivity index (χ4n) is 0.121. The second-order valence-electron chi connectivity index (χ2n) is 1.20. The highest BCUT2D eigenvalue weighted by Gasteiger charge is 1.83. The minimum absolute atomic E-state index is 0.125. The summed E-state index contributed by atoms with van der Waals surface area (Å²) >= 11 is 0. The van der Waals surface area contributed by atoms with Crippen LogP contribution < -0.4 is 5.48 Å². The molecule has 1 unspecified atom stereocenters. The topological polar surface area (TPSA) is 55.3 Å². The van der Waals surface area contributed by atoms with E-state index in [4.69, 9.17) is 5.11 Å². The van der Waals surface area contributed by atoms with Crippen LogP contribution in [0, 0.1) is 5.21 Å². The zero-order valence-electron chi connectivity index (χ0n) is 3.64. The minimum atomic E-state index is -0.525. The number of hydrogen-bond donors (Lipinski definition) is 2. The molecule has 3 heteroatoms. The fourth-order valence-corrected chi connectivity index (χ4v) is 0.121. The molecule has 38 valence electrons. The number of hydrogen-bond acceptors (Lipinski definition) is 3. The predicted octanol–water partition coefficient (Wildman–Crippen LogP) is -0.545. The lowest BCUT2D eigenvalue weighted by molar-refractivity contribution is 0.196. The molecule has 0 aliphatic carbocycles. The summed E-state index contributed by atoms with van der Waals surface area (Å²) in [7, 11) is 0. The molecule has 0 saturated heterocycles. The first-order valence-electron chi connectivity index (χ1n) is 1.80. The molecule has 0 rings (SSSR count). The highest BCUT2D eigenvalue weighted by Crippen LogP contribution is 1.69. The minimum Gasteiger partial charge on any atom is -0.788 e. The molecular formula is C3H8NO2-. The zero-order chi connectivity index (χ0) is 4.99. The monoisotopic (exact) mass is 90.1 g/mol. The van der Waals surface area contributed by atoms with Crippen molar-refractivity contribution in [2.45, 2.75) is 13.0 Å². The largest absolute Gasteiger partial charge is 0.788 e. The maximum absolute atomic E-state index is 9.33. The molecule has 0 aromatic rings. The quantitative estimate of drug-likeness (QED) is 0.447. The number of nitrogens with one attached hydrogen (secondary N) is 1. The van der Waals surface area contributed by atoms with Crippen LogP contribution in [0.25, 0.3) is 0 Å². The van der Waals surface area contributed by atoms with E-state index in [1.807, 2.05) is 0 Å². The lowest BCUT2D eigenvalue weighted by Gasteiger charge is -2.07. The molecule has 0 saturated carbocycles. The van der Waals surface area contributed by atoms with Gasteiger partial charge in [0.25, 0.3) is 0 Å². The molecule has 0 radical (unpaired) electrons. The Labute approximate surface area is 36.6 Å². The smallest absolute Gasteiger partial charge is 0.0627 e. The molecule has 0 aliphatic heterocycles. The Morgan fingerprint density at radius 1 is 2.00 bits per heavy atom. The molecule has 0 spiro atoms. The molecule has 2 N–H and O–H groups in total. The summed E-state index contributed by atoms with van der Waals surface area (Å²) in [5.74, 6) is 0. The van der Waals surface area contributed by atoms with Gasteiger partial charge in [-0.25, -0.2) is 0 Å². The van der Waals surface area contributed by atoms with Gasteiger partial charge in [0.2, 0.25) is 0 Å². The Morgan fingerprint density at radius 2 is 2.50 bits per heavy atom.